The minimum absolute atomic E-state index is 0.00548. The SMILES string of the molecule is N#CNC(N)=NCc1nonc1C(N)=Nc1cccc(C(F)(F)F)c1. The average molecular weight is 352 g/mol. The summed E-state index contributed by atoms with van der Waals surface area (Å²) in [4.78, 5) is 7.68. The van der Waals surface area contributed by atoms with Gasteiger partial charge in [0.05, 0.1) is 17.8 Å². The van der Waals surface area contributed by atoms with Crippen molar-refractivity contribution in [3.8, 4) is 6.19 Å². The van der Waals surface area contributed by atoms with Crippen molar-refractivity contribution >= 4 is 17.5 Å². The van der Waals surface area contributed by atoms with Crippen LogP contribution in [0.15, 0.2) is 38.9 Å². The molecular formula is C13H11F3N8O. The first kappa shape index (κ1) is 17.7. The Labute approximate surface area is 138 Å². The van der Waals surface area contributed by atoms with Crippen LogP contribution < -0.4 is 16.8 Å². The van der Waals surface area contributed by atoms with E-state index >= 15 is 0 Å². The third kappa shape index (κ3) is 4.67. The number of nitrogens with zero attached hydrogens (tertiary/aromatic N) is 5. The number of aromatic nitrogens is 2. The molecule has 1 aromatic heterocycles. The van der Waals surface area contributed by atoms with E-state index in [2.05, 4.69) is 30.2 Å². The van der Waals surface area contributed by atoms with Gasteiger partial charge in [-0.1, -0.05) is 11.2 Å². The number of guanidine groups is 1. The highest BCUT2D eigenvalue weighted by Gasteiger charge is 2.30. The summed E-state index contributed by atoms with van der Waals surface area (Å²) in [6.07, 6.45) is -2.92. The fourth-order valence-electron chi connectivity index (χ4n) is 1.71. The van der Waals surface area contributed by atoms with Crippen LogP contribution in [0.3, 0.4) is 0 Å². The van der Waals surface area contributed by atoms with Crippen LogP contribution in [0.4, 0.5) is 18.9 Å². The summed E-state index contributed by atoms with van der Waals surface area (Å²) in [6, 6.07) is 4.31. The summed E-state index contributed by atoms with van der Waals surface area (Å²) in [5.41, 5.74) is 10.4. The highest BCUT2D eigenvalue weighted by atomic mass is 19.4. The number of alkyl halides is 3. The molecule has 0 saturated carbocycles. The number of amidine groups is 1. The maximum absolute atomic E-state index is 12.7. The molecule has 9 nitrogen and oxygen atoms in total. The molecule has 0 bridgehead atoms. The Morgan fingerprint density at radius 2 is 2.08 bits per heavy atom. The predicted molar refractivity (Wildman–Crippen MR) is 80.2 cm³/mol. The molecule has 0 aliphatic carbocycles. The standard InChI is InChI=1S/C13H11F3N8O/c14-13(15,16)7-2-1-3-8(4-7)22-11(18)10-9(23-25-24-10)5-20-12(19)21-6-17/h1-4H,5H2,(H2,18,22)(H3,19,20,21). The zero-order valence-corrected chi connectivity index (χ0v) is 12.4. The van der Waals surface area contributed by atoms with Crippen LogP contribution in [0.5, 0.6) is 0 Å². The molecule has 0 aliphatic rings. The normalized spacial score (nSPS) is 12.7. The van der Waals surface area contributed by atoms with E-state index < -0.39 is 11.7 Å². The van der Waals surface area contributed by atoms with Gasteiger partial charge in [0, 0.05) is 0 Å². The third-order valence-electron chi connectivity index (χ3n) is 2.81. The highest BCUT2D eigenvalue weighted by Crippen LogP contribution is 2.31. The van der Waals surface area contributed by atoms with E-state index in [1.807, 2.05) is 0 Å². The van der Waals surface area contributed by atoms with Crippen molar-refractivity contribution in [1.82, 2.24) is 15.6 Å². The van der Waals surface area contributed by atoms with Crippen LogP contribution in [0.2, 0.25) is 0 Å². The van der Waals surface area contributed by atoms with E-state index in [0.717, 1.165) is 12.1 Å². The summed E-state index contributed by atoms with van der Waals surface area (Å²) >= 11 is 0. The van der Waals surface area contributed by atoms with Crippen LogP contribution in [-0.2, 0) is 12.7 Å². The number of benzene rings is 1. The van der Waals surface area contributed by atoms with Gasteiger partial charge in [0.1, 0.15) is 5.69 Å². The average Bonchev–Trinajstić information content (AvgIpc) is 3.01. The monoisotopic (exact) mass is 352 g/mol. The number of nitrogens with two attached hydrogens (primary N) is 2. The number of hydrogen-bond donors (Lipinski definition) is 3. The Hall–Kier alpha value is -3.62. The van der Waals surface area contributed by atoms with Gasteiger partial charge in [0.2, 0.25) is 5.96 Å². The van der Waals surface area contributed by atoms with Crippen LogP contribution in [0, 0.1) is 11.5 Å². The number of rotatable bonds is 4. The molecule has 0 unspecified atom stereocenters. The van der Waals surface area contributed by atoms with Gasteiger partial charge in [-0.2, -0.15) is 18.4 Å². The molecule has 25 heavy (non-hydrogen) atoms. The van der Waals surface area contributed by atoms with E-state index in [0.29, 0.717) is 0 Å². The zero-order valence-electron chi connectivity index (χ0n) is 12.4. The molecule has 5 N–H and O–H groups in total. The molecule has 0 atom stereocenters. The first-order valence-electron chi connectivity index (χ1n) is 6.59. The Morgan fingerprint density at radius 3 is 2.76 bits per heavy atom. The van der Waals surface area contributed by atoms with Crippen LogP contribution in [-0.4, -0.2) is 22.1 Å². The van der Waals surface area contributed by atoms with Gasteiger partial charge in [-0.15, -0.1) is 0 Å². The summed E-state index contributed by atoms with van der Waals surface area (Å²) < 4.78 is 42.7. The number of aliphatic imine (C=N–C) groups is 2. The van der Waals surface area contributed by atoms with E-state index in [4.69, 9.17) is 16.7 Å². The van der Waals surface area contributed by atoms with E-state index in [1.165, 1.54) is 12.1 Å². The molecule has 0 spiro atoms. The molecule has 1 aromatic carbocycles. The molecule has 0 amide bonds. The van der Waals surface area contributed by atoms with Crippen molar-refractivity contribution in [3.63, 3.8) is 0 Å². The van der Waals surface area contributed by atoms with Crippen molar-refractivity contribution < 1.29 is 17.8 Å². The molecule has 130 valence electrons. The Kier molecular flexibility index (Phi) is 5.18. The summed E-state index contributed by atoms with van der Waals surface area (Å²) in [5, 5.41) is 17.6. The van der Waals surface area contributed by atoms with Gasteiger partial charge in [-0.25, -0.2) is 14.6 Å². The summed E-state index contributed by atoms with van der Waals surface area (Å²) in [6.45, 7) is -0.127. The molecule has 2 aromatic rings. The maximum Gasteiger partial charge on any atom is 0.416 e. The summed E-state index contributed by atoms with van der Waals surface area (Å²) in [5.74, 6) is -0.373. The largest absolute Gasteiger partial charge is 0.416 e. The molecule has 2 rings (SSSR count). The second-order valence-corrected chi connectivity index (χ2v) is 4.54. The molecule has 0 saturated heterocycles. The molecule has 0 fully saturated rings. The Balaban J connectivity index is 2.26. The van der Waals surface area contributed by atoms with E-state index in [1.54, 1.807) is 6.19 Å². The number of nitriles is 1. The van der Waals surface area contributed by atoms with Crippen LogP contribution in [0.1, 0.15) is 17.0 Å². The lowest BCUT2D eigenvalue weighted by Gasteiger charge is -2.06. The molecule has 0 aliphatic heterocycles. The lowest BCUT2D eigenvalue weighted by atomic mass is 10.2. The van der Waals surface area contributed by atoms with Gasteiger partial charge in [-0.05, 0) is 23.4 Å². The maximum atomic E-state index is 12.7. The predicted octanol–water partition coefficient (Wildman–Crippen LogP) is 1.01. The molecular weight excluding hydrogens is 341 g/mol. The van der Waals surface area contributed by atoms with Gasteiger partial charge < -0.3 is 11.5 Å². The first-order valence-corrected chi connectivity index (χ1v) is 6.59. The fourth-order valence-corrected chi connectivity index (χ4v) is 1.71. The van der Waals surface area contributed by atoms with Gasteiger partial charge >= 0.3 is 6.18 Å². The fraction of sp³-hybridized carbons (Fsp3) is 0.154. The lowest BCUT2D eigenvalue weighted by molar-refractivity contribution is -0.137. The Bertz CT molecular complexity index is 849. The molecule has 0 radical (unpaired) electrons. The van der Waals surface area contributed by atoms with Crippen molar-refractivity contribution in [3.05, 3.63) is 41.2 Å². The third-order valence-corrected chi connectivity index (χ3v) is 2.81. The zero-order chi connectivity index (χ0) is 18.4. The second-order valence-electron chi connectivity index (χ2n) is 4.54. The van der Waals surface area contributed by atoms with Crippen LogP contribution >= 0.6 is 0 Å². The van der Waals surface area contributed by atoms with Crippen molar-refractivity contribution in [2.24, 2.45) is 21.5 Å². The van der Waals surface area contributed by atoms with Gasteiger partial charge in [0.25, 0.3) is 0 Å². The molecule has 1 heterocycles. The minimum atomic E-state index is -4.50. The number of nitrogens with one attached hydrogen (secondary N) is 1. The topological polar surface area (TPSA) is 152 Å². The van der Waals surface area contributed by atoms with Crippen LogP contribution in [0.25, 0.3) is 0 Å². The minimum Gasteiger partial charge on any atom is -0.382 e. The smallest absolute Gasteiger partial charge is 0.382 e. The quantitative estimate of drug-likeness (QED) is 0.321. The van der Waals surface area contributed by atoms with Crippen molar-refractivity contribution in [2.75, 3.05) is 0 Å². The van der Waals surface area contributed by atoms with Crippen molar-refractivity contribution in [2.45, 2.75) is 12.7 Å². The van der Waals surface area contributed by atoms with Crippen molar-refractivity contribution in [1.29, 1.82) is 5.26 Å². The van der Waals surface area contributed by atoms with Gasteiger partial charge in [0.15, 0.2) is 17.7 Å². The number of hydrogen-bond acceptors (Lipinski definition) is 6. The number of halogens is 3. The lowest BCUT2D eigenvalue weighted by Crippen LogP contribution is -2.27. The molecule has 12 heteroatoms. The van der Waals surface area contributed by atoms with E-state index in [-0.39, 0.29) is 35.4 Å². The van der Waals surface area contributed by atoms with Gasteiger partial charge in [-0.3, -0.25) is 5.32 Å². The Morgan fingerprint density at radius 1 is 1.32 bits per heavy atom. The van der Waals surface area contributed by atoms with E-state index in [9.17, 15) is 13.2 Å². The summed E-state index contributed by atoms with van der Waals surface area (Å²) in [7, 11) is 0. The first-order chi connectivity index (χ1) is 11.8. The second kappa shape index (κ2) is 7.30. The highest BCUT2D eigenvalue weighted by molar-refractivity contribution is 5.98.